The Balaban J connectivity index is 2.43. The SMILES string of the molecule is COC(=O)c1cc(-c2nc(Cl)ncc2C)c[nH]1. The molecule has 2 aromatic rings. The van der Waals surface area contributed by atoms with Crippen LogP contribution in [0, 0.1) is 6.92 Å². The number of halogens is 1. The highest BCUT2D eigenvalue weighted by Crippen LogP contribution is 2.22. The minimum Gasteiger partial charge on any atom is -0.464 e. The summed E-state index contributed by atoms with van der Waals surface area (Å²) in [7, 11) is 1.33. The Morgan fingerprint density at radius 2 is 2.29 bits per heavy atom. The Morgan fingerprint density at radius 1 is 1.53 bits per heavy atom. The third kappa shape index (κ3) is 2.29. The maximum Gasteiger partial charge on any atom is 0.354 e. The number of hydrogen-bond donors (Lipinski definition) is 1. The summed E-state index contributed by atoms with van der Waals surface area (Å²) in [5.41, 5.74) is 2.71. The number of carbonyl (C=O) groups excluding carboxylic acids is 1. The minimum atomic E-state index is -0.422. The van der Waals surface area contributed by atoms with Crippen molar-refractivity contribution in [3.05, 3.63) is 35.0 Å². The molecule has 17 heavy (non-hydrogen) atoms. The number of aromatic amines is 1. The van der Waals surface area contributed by atoms with Gasteiger partial charge in [-0.05, 0) is 30.2 Å². The van der Waals surface area contributed by atoms with Crippen LogP contribution in [0.4, 0.5) is 0 Å². The van der Waals surface area contributed by atoms with Crippen LogP contribution in [0.3, 0.4) is 0 Å². The molecule has 0 spiro atoms. The molecule has 0 bridgehead atoms. The average Bonchev–Trinajstić information content (AvgIpc) is 2.80. The molecule has 0 saturated heterocycles. The van der Waals surface area contributed by atoms with Crippen molar-refractivity contribution < 1.29 is 9.53 Å². The van der Waals surface area contributed by atoms with Crippen molar-refractivity contribution in [1.82, 2.24) is 15.0 Å². The molecule has 5 nitrogen and oxygen atoms in total. The second-order valence-corrected chi connectivity index (χ2v) is 3.80. The fourth-order valence-electron chi connectivity index (χ4n) is 1.47. The summed E-state index contributed by atoms with van der Waals surface area (Å²) in [5, 5.41) is 0.173. The predicted molar refractivity (Wildman–Crippen MR) is 62.9 cm³/mol. The van der Waals surface area contributed by atoms with Crippen LogP contribution >= 0.6 is 11.6 Å². The van der Waals surface area contributed by atoms with E-state index < -0.39 is 5.97 Å². The number of nitrogens with one attached hydrogen (secondary N) is 1. The highest BCUT2D eigenvalue weighted by Gasteiger charge is 2.12. The predicted octanol–water partition coefficient (Wildman–Crippen LogP) is 2.22. The van der Waals surface area contributed by atoms with Crippen molar-refractivity contribution in [3.8, 4) is 11.3 Å². The maximum atomic E-state index is 11.3. The topological polar surface area (TPSA) is 67.9 Å². The van der Waals surface area contributed by atoms with Gasteiger partial charge in [-0.2, -0.15) is 0 Å². The largest absolute Gasteiger partial charge is 0.464 e. The third-order valence-electron chi connectivity index (χ3n) is 2.30. The zero-order valence-electron chi connectivity index (χ0n) is 9.32. The fraction of sp³-hybridized carbons (Fsp3) is 0.182. The maximum absolute atomic E-state index is 11.3. The van der Waals surface area contributed by atoms with Gasteiger partial charge in [0.1, 0.15) is 5.69 Å². The monoisotopic (exact) mass is 251 g/mol. The molecule has 0 unspecified atom stereocenters. The number of ether oxygens (including phenoxy) is 1. The lowest BCUT2D eigenvalue weighted by atomic mass is 10.1. The molecular weight excluding hydrogens is 242 g/mol. The van der Waals surface area contributed by atoms with Gasteiger partial charge in [0.15, 0.2) is 0 Å². The van der Waals surface area contributed by atoms with Crippen molar-refractivity contribution in [2.45, 2.75) is 6.92 Å². The van der Waals surface area contributed by atoms with Crippen molar-refractivity contribution in [3.63, 3.8) is 0 Å². The van der Waals surface area contributed by atoms with Crippen molar-refractivity contribution in [2.24, 2.45) is 0 Å². The number of H-pyrrole nitrogens is 1. The first kappa shape index (κ1) is 11.6. The van der Waals surface area contributed by atoms with Gasteiger partial charge >= 0.3 is 5.97 Å². The molecule has 2 rings (SSSR count). The van der Waals surface area contributed by atoms with E-state index in [4.69, 9.17) is 11.6 Å². The molecule has 0 aromatic carbocycles. The third-order valence-corrected chi connectivity index (χ3v) is 2.49. The van der Waals surface area contributed by atoms with Gasteiger partial charge in [0.05, 0.1) is 12.8 Å². The van der Waals surface area contributed by atoms with Crippen LogP contribution in [0.25, 0.3) is 11.3 Å². The van der Waals surface area contributed by atoms with Crippen LogP contribution in [-0.4, -0.2) is 28.0 Å². The summed E-state index contributed by atoms with van der Waals surface area (Å²) >= 11 is 5.74. The Kier molecular flexibility index (Phi) is 3.10. The lowest BCUT2D eigenvalue weighted by Crippen LogP contribution is -2.00. The van der Waals surface area contributed by atoms with Gasteiger partial charge in [-0.1, -0.05) is 0 Å². The van der Waals surface area contributed by atoms with E-state index in [1.165, 1.54) is 7.11 Å². The fourth-order valence-corrected chi connectivity index (χ4v) is 1.60. The number of esters is 1. The van der Waals surface area contributed by atoms with Crippen LogP contribution in [0.15, 0.2) is 18.5 Å². The van der Waals surface area contributed by atoms with E-state index in [0.29, 0.717) is 11.4 Å². The molecule has 6 heteroatoms. The van der Waals surface area contributed by atoms with Crippen molar-refractivity contribution in [1.29, 1.82) is 0 Å². The van der Waals surface area contributed by atoms with Crippen molar-refractivity contribution >= 4 is 17.6 Å². The molecule has 2 aromatic heterocycles. The first-order chi connectivity index (χ1) is 8.11. The van der Waals surface area contributed by atoms with E-state index in [2.05, 4.69) is 19.7 Å². The van der Waals surface area contributed by atoms with Gasteiger partial charge in [0.2, 0.25) is 5.28 Å². The van der Waals surface area contributed by atoms with Gasteiger partial charge in [-0.25, -0.2) is 14.8 Å². The van der Waals surface area contributed by atoms with Crippen LogP contribution in [0.1, 0.15) is 16.1 Å². The van der Waals surface area contributed by atoms with E-state index in [1.54, 1.807) is 18.5 Å². The zero-order valence-corrected chi connectivity index (χ0v) is 10.1. The van der Waals surface area contributed by atoms with E-state index in [-0.39, 0.29) is 5.28 Å². The Labute approximate surface area is 103 Å². The second kappa shape index (κ2) is 4.55. The number of aryl methyl sites for hydroxylation is 1. The van der Waals surface area contributed by atoms with Crippen LogP contribution < -0.4 is 0 Å². The highest BCUT2D eigenvalue weighted by atomic mass is 35.5. The summed E-state index contributed by atoms with van der Waals surface area (Å²) < 4.78 is 4.61. The van der Waals surface area contributed by atoms with Crippen LogP contribution in [-0.2, 0) is 4.74 Å². The first-order valence-corrected chi connectivity index (χ1v) is 5.26. The Morgan fingerprint density at radius 3 is 3.00 bits per heavy atom. The molecule has 0 saturated carbocycles. The molecule has 0 aliphatic carbocycles. The molecule has 0 atom stereocenters. The van der Waals surface area contributed by atoms with Gasteiger partial charge in [0.25, 0.3) is 0 Å². The summed E-state index contributed by atoms with van der Waals surface area (Å²) in [6, 6.07) is 1.66. The van der Waals surface area contributed by atoms with Crippen LogP contribution in [0.5, 0.6) is 0 Å². The van der Waals surface area contributed by atoms with Gasteiger partial charge in [0, 0.05) is 18.0 Å². The number of nitrogens with zero attached hydrogens (tertiary/aromatic N) is 2. The summed E-state index contributed by atoms with van der Waals surface area (Å²) in [5.74, 6) is -0.422. The average molecular weight is 252 g/mol. The quantitative estimate of drug-likeness (QED) is 0.656. The molecule has 0 fully saturated rings. The number of hydrogen-bond acceptors (Lipinski definition) is 4. The number of aromatic nitrogens is 3. The number of rotatable bonds is 2. The lowest BCUT2D eigenvalue weighted by molar-refractivity contribution is 0.0595. The standard InChI is InChI=1S/C11H10ClN3O2/c1-6-4-14-11(12)15-9(6)7-3-8(13-5-7)10(16)17-2/h3-5,13H,1-2H3. The number of carbonyl (C=O) groups is 1. The summed E-state index contributed by atoms with van der Waals surface area (Å²) in [6.07, 6.45) is 3.31. The normalized spacial score (nSPS) is 10.3. The summed E-state index contributed by atoms with van der Waals surface area (Å²) in [6.45, 7) is 1.87. The molecule has 0 aliphatic heterocycles. The van der Waals surface area contributed by atoms with E-state index in [1.807, 2.05) is 6.92 Å². The molecule has 0 amide bonds. The van der Waals surface area contributed by atoms with Crippen LogP contribution in [0.2, 0.25) is 5.28 Å². The number of methoxy groups -OCH3 is 1. The second-order valence-electron chi connectivity index (χ2n) is 3.46. The molecule has 2 heterocycles. The lowest BCUT2D eigenvalue weighted by Gasteiger charge is -2.01. The zero-order chi connectivity index (χ0) is 12.4. The molecule has 0 aliphatic rings. The van der Waals surface area contributed by atoms with Gasteiger partial charge in [-0.15, -0.1) is 0 Å². The van der Waals surface area contributed by atoms with E-state index in [9.17, 15) is 4.79 Å². The van der Waals surface area contributed by atoms with Gasteiger partial charge in [-0.3, -0.25) is 0 Å². The molecule has 88 valence electrons. The van der Waals surface area contributed by atoms with Crippen molar-refractivity contribution in [2.75, 3.05) is 7.11 Å². The Bertz CT molecular complexity index is 566. The van der Waals surface area contributed by atoms with E-state index >= 15 is 0 Å². The summed E-state index contributed by atoms with van der Waals surface area (Å²) in [4.78, 5) is 22.1. The molecule has 0 radical (unpaired) electrons. The first-order valence-electron chi connectivity index (χ1n) is 4.88. The molecule has 1 N–H and O–H groups in total. The minimum absolute atomic E-state index is 0.173. The smallest absolute Gasteiger partial charge is 0.354 e. The van der Waals surface area contributed by atoms with E-state index in [0.717, 1.165) is 11.1 Å². The molecular formula is C11H10ClN3O2. The van der Waals surface area contributed by atoms with Gasteiger partial charge < -0.3 is 9.72 Å². The highest BCUT2D eigenvalue weighted by molar-refractivity contribution is 6.28. The Hall–Kier alpha value is -1.88.